The van der Waals surface area contributed by atoms with Gasteiger partial charge in [-0.15, -0.1) is 0 Å². The van der Waals surface area contributed by atoms with Crippen LogP contribution in [0.5, 0.6) is 0 Å². The zero-order valence-corrected chi connectivity index (χ0v) is 10.8. The second kappa shape index (κ2) is 4.33. The number of aliphatic hydroxyl groups is 1. The molecule has 1 fully saturated rings. The summed E-state index contributed by atoms with van der Waals surface area (Å²) >= 11 is 0. The standard InChI is InChI=1S/C13H18N4O/c1-9-5-10(2)17-7-11(15-13(17)14-9)6-16-4-3-12(18)8-16/h5,7,12,18H,3-4,6,8H2,1-2H3/t12-/m1/s1. The highest BCUT2D eigenvalue weighted by atomic mass is 16.3. The van der Waals surface area contributed by atoms with E-state index < -0.39 is 0 Å². The summed E-state index contributed by atoms with van der Waals surface area (Å²) in [5.74, 6) is 0.766. The van der Waals surface area contributed by atoms with Crippen molar-refractivity contribution in [3.8, 4) is 0 Å². The molecule has 1 N–H and O–H groups in total. The van der Waals surface area contributed by atoms with E-state index in [9.17, 15) is 5.11 Å². The number of nitrogens with zero attached hydrogens (tertiary/aromatic N) is 4. The van der Waals surface area contributed by atoms with Crippen LogP contribution >= 0.6 is 0 Å². The number of aromatic nitrogens is 3. The molecule has 3 heterocycles. The van der Waals surface area contributed by atoms with E-state index in [0.717, 1.165) is 48.9 Å². The molecule has 0 bridgehead atoms. The first kappa shape index (κ1) is 11.6. The molecule has 0 saturated carbocycles. The Balaban J connectivity index is 1.87. The van der Waals surface area contributed by atoms with Gasteiger partial charge in [0.2, 0.25) is 5.78 Å². The second-order valence-electron chi connectivity index (χ2n) is 5.12. The molecule has 0 spiro atoms. The summed E-state index contributed by atoms with van der Waals surface area (Å²) in [5, 5.41) is 9.52. The average Bonchev–Trinajstić information content (AvgIpc) is 2.85. The molecule has 5 nitrogen and oxygen atoms in total. The number of aryl methyl sites for hydroxylation is 2. The normalized spacial score (nSPS) is 20.9. The van der Waals surface area contributed by atoms with Crippen LogP contribution in [0.25, 0.3) is 5.78 Å². The highest BCUT2D eigenvalue weighted by Gasteiger charge is 2.21. The van der Waals surface area contributed by atoms with Crippen molar-refractivity contribution in [1.29, 1.82) is 0 Å². The SMILES string of the molecule is Cc1cc(C)n2cc(CN3CC[C@@H](O)C3)nc2n1. The lowest BCUT2D eigenvalue weighted by Crippen LogP contribution is -2.21. The van der Waals surface area contributed by atoms with Crippen molar-refractivity contribution in [3.63, 3.8) is 0 Å². The van der Waals surface area contributed by atoms with Crippen LogP contribution in [0.15, 0.2) is 12.3 Å². The maximum Gasteiger partial charge on any atom is 0.234 e. The molecule has 0 radical (unpaired) electrons. The molecule has 1 saturated heterocycles. The number of rotatable bonds is 2. The number of β-amino-alcohol motifs (C(OH)–C–C–N with tert-alkyl or cyclic N) is 1. The molecule has 1 aliphatic heterocycles. The van der Waals surface area contributed by atoms with Gasteiger partial charge in [-0.05, 0) is 26.3 Å². The number of imidazole rings is 1. The molecule has 3 rings (SSSR count). The molecule has 2 aromatic rings. The Bertz CT molecular complexity index is 578. The van der Waals surface area contributed by atoms with E-state index in [0.29, 0.717) is 0 Å². The van der Waals surface area contributed by atoms with E-state index in [2.05, 4.69) is 27.9 Å². The van der Waals surface area contributed by atoms with Crippen LogP contribution in [0.2, 0.25) is 0 Å². The van der Waals surface area contributed by atoms with Gasteiger partial charge in [-0.25, -0.2) is 9.97 Å². The average molecular weight is 246 g/mol. The number of hydrogen-bond acceptors (Lipinski definition) is 4. The number of aliphatic hydroxyl groups excluding tert-OH is 1. The fraction of sp³-hybridized carbons (Fsp3) is 0.538. The summed E-state index contributed by atoms with van der Waals surface area (Å²) in [6.45, 7) is 6.53. The smallest absolute Gasteiger partial charge is 0.234 e. The maximum atomic E-state index is 9.52. The molecule has 96 valence electrons. The Hall–Kier alpha value is -1.46. The van der Waals surface area contributed by atoms with Gasteiger partial charge in [0.1, 0.15) is 0 Å². The molecule has 1 atom stereocenters. The van der Waals surface area contributed by atoms with Gasteiger partial charge in [-0.2, -0.15) is 0 Å². The first-order valence-electron chi connectivity index (χ1n) is 6.34. The van der Waals surface area contributed by atoms with Crippen molar-refractivity contribution in [2.24, 2.45) is 0 Å². The van der Waals surface area contributed by atoms with Crippen LogP contribution in [0.3, 0.4) is 0 Å². The van der Waals surface area contributed by atoms with Crippen LogP contribution in [-0.4, -0.2) is 43.6 Å². The summed E-state index contributed by atoms with van der Waals surface area (Å²) in [4.78, 5) is 11.2. The zero-order valence-electron chi connectivity index (χ0n) is 10.8. The van der Waals surface area contributed by atoms with Crippen molar-refractivity contribution >= 4 is 5.78 Å². The number of likely N-dealkylation sites (tertiary alicyclic amines) is 1. The fourth-order valence-corrected chi connectivity index (χ4v) is 2.58. The summed E-state index contributed by atoms with van der Waals surface area (Å²) in [5.41, 5.74) is 3.16. The number of hydrogen-bond donors (Lipinski definition) is 1. The van der Waals surface area contributed by atoms with Gasteiger partial charge >= 0.3 is 0 Å². The van der Waals surface area contributed by atoms with Crippen LogP contribution in [0, 0.1) is 13.8 Å². The summed E-state index contributed by atoms with van der Waals surface area (Å²) < 4.78 is 2.02. The fourth-order valence-electron chi connectivity index (χ4n) is 2.58. The predicted molar refractivity (Wildman–Crippen MR) is 68.4 cm³/mol. The van der Waals surface area contributed by atoms with Gasteiger partial charge in [0.05, 0.1) is 11.8 Å². The topological polar surface area (TPSA) is 53.7 Å². The van der Waals surface area contributed by atoms with E-state index in [4.69, 9.17) is 0 Å². The Labute approximate surface area is 106 Å². The van der Waals surface area contributed by atoms with Gasteiger partial charge < -0.3 is 5.11 Å². The molecule has 0 aromatic carbocycles. The lowest BCUT2D eigenvalue weighted by molar-refractivity contribution is 0.174. The van der Waals surface area contributed by atoms with Crippen LogP contribution in [-0.2, 0) is 6.54 Å². The van der Waals surface area contributed by atoms with Crippen molar-refractivity contribution in [2.45, 2.75) is 32.9 Å². The molecular weight excluding hydrogens is 228 g/mol. The third-order valence-electron chi connectivity index (χ3n) is 3.44. The van der Waals surface area contributed by atoms with Gasteiger partial charge in [-0.3, -0.25) is 9.30 Å². The van der Waals surface area contributed by atoms with Crippen molar-refractivity contribution in [3.05, 3.63) is 29.3 Å². The van der Waals surface area contributed by atoms with E-state index in [1.54, 1.807) is 0 Å². The molecule has 5 heteroatoms. The number of fused-ring (bicyclic) bond motifs is 1. The Morgan fingerprint density at radius 2 is 2.22 bits per heavy atom. The second-order valence-corrected chi connectivity index (χ2v) is 5.12. The molecule has 0 unspecified atom stereocenters. The van der Waals surface area contributed by atoms with Crippen molar-refractivity contribution in [1.82, 2.24) is 19.3 Å². The molecule has 2 aromatic heterocycles. The highest BCUT2D eigenvalue weighted by molar-refractivity contribution is 5.34. The van der Waals surface area contributed by atoms with Gasteiger partial charge in [0, 0.05) is 37.2 Å². The molecule has 0 aliphatic carbocycles. The van der Waals surface area contributed by atoms with Gasteiger partial charge in [0.25, 0.3) is 0 Å². The van der Waals surface area contributed by atoms with Crippen molar-refractivity contribution < 1.29 is 5.11 Å². The molecular formula is C13H18N4O. The third kappa shape index (κ3) is 2.11. The molecule has 0 amide bonds. The van der Waals surface area contributed by atoms with E-state index in [1.807, 2.05) is 17.5 Å². The largest absolute Gasteiger partial charge is 0.392 e. The third-order valence-corrected chi connectivity index (χ3v) is 3.44. The van der Waals surface area contributed by atoms with Gasteiger partial charge in [0.15, 0.2) is 0 Å². The maximum absolute atomic E-state index is 9.52. The Morgan fingerprint density at radius 3 is 2.94 bits per heavy atom. The van der Waals surface area contributed by atoms with Crippen LogP contribution in [0.1, 0.15) is 23.5 Å². The predicted octanol–water partition coefficient (Wildman–Crippen LogP) is 0.913. The van der Waals surface area contributed by atoms with E-state index in [-0.39, 0.29) is 6.10 Å². The van der Waals surface area contributed by atoms with E-state index in [1.165, 1.54) is 0 Å². The highest BCUT2D eigenvalue weighted by Crippen LogP contribution is 2.14. The van der Waals surface area contributed by atoms with Gasteiger partial charge in [-0.1, -0.05) is 0 Å². The minimum Gasteiger partial charge on any atom is -0.392 e. The summed E-state index contributed by atoms with van der Waals surface area (Å²) in [6.07, 6.45) is 2.73. The van der Waals surface area contributed by atoms with Crippen molar-refractivity contribution in [2.75, 3.05) is 13.1 Å². The quantitative estimate of drug-likeness (QED) is 0.856. The summed E-state index contributed by atoms with van der Waals surface area (Å²) in [6, 6.07) is 2.05. The van der Waals surface area contributed by atoms with Crippen LogP contribution < -0.4 is 0 Å². The Morgan fingerprint density at radius 1 is 1.39 bits per heavy atom. The lowest BCUT2D eigenvalue weighted by atomic mass is 10.3. The first-order chi connectivity index (χ1) is 8.61. The molecule has 1 aliphatic rings. The Kier molecular flexibility index (Phi) is 2.80. The minimum atomic E-state index is -0.177. The monoisotopic (exact) mass is 246 g/mol. The zero-order chi connectivity index (χ0) is 12.7. The lowest BCUT2D eigenvalue weighted by Gasteiger charge is -2.12. The minimum absolute atomic E-state index is 0.177. The first-order valence-corrected chi connectivity index (χ1v) is 6.34. The van der Waals surface area contributed by atoms with Crippen LogP contribution in [0.4, 0.5) is 0 Å². The van der Waals surface area contributed by atoms with E-state index >= 15 is 0 Å². The summed E-state index contributed by atoms with van der Waals surface area (Å²) in [7, 11) is 0. The molecule has 18 heavy (non-hydrogen) atoms.